The molecule has 1 aromatic carbocycles. The average molecular weight is 282 g/mol. The largest absolute Gasteiger partial charge is 0.339 e. The fraction of sp³-hybridized carbons (Fsp3) is 0.312. The van der Waals surface area contributed by atoms with Crippen molar-refractivity contribution in [2.24, 2.45) is 5.92 Å². The minimum Gasteiger partial charge on any atom is -0.339 e. The van der Waals surface area contributed by atoms with Gasteiger partial charge in [0.2, 0.25) is 5.91 Å². The fourth-order valence-corrected chi connectivity index (χ4v) is 2.22. The van der Waals surface area contributed by atoms with Gasteiger partial charge in [-0.15, -0.1) is 10.2 Å². The molecule has 21 heavy (non-hydrogen) atoms. The number of para-hydroxylation sites is 1. The number of anilines is 3. The van der Waals surface area contributed by atoms with Gasteiger partial charge in [0.1, 0.15) is 0 Å². The molecule has 0 bridgehead atoms. The molecule has 2 aromatic rings. The Morgan fingerprint density at radius 3 is 2.43 bits per heavy atom. The van der Waals surface area contributed by atoms with Gasteiger partial charge in [0.25, 0.3) is 0 Å². The highest BCUT2D eigenvalue weighted by molar-refractivity contribution is 5.92. The van der Waals surface area contributed by atoms with Crippen LogP contribution in [-0.2, 0) is 4.79 Å². The van der Waals surface area contributed by atoms with E-state index in [2.05, 4.69) is 20.8 Å². The van der Waals surface area contributed by atoms with Gasteiger partial charge in [-0.25, -0.2) is 0 Å². The first-order valence-corrected chi connectivity index (χ1v) is 7.19. The molecule has 1 aliphatic carbocycles. The van der Waals surface area contributed by atoms with Crippen LogP contribution in [0, 0.1) is 12.8 Å². The maximum Gasteiger partial charge on any atom is 0.228 e. The zero-order chi connectivity index (χ0) is 14.7. The lowest BCUT2D eigenvalue weighted by molar-refractivity contribution is -0.122. The van der Waals surface area contributed by atoms with Gasteiger partial charge in [-0.2, -0.15) is 0 Å². The van der Waals surface area contributed by atoms with E-state index in [0.29, 0.717) is 11.6 Å². The standard InChI is InChI=1S/C16H18N4O/c1-11-5-2-3-8-13(11)17-14-9-10-15(20-19-14)18-16(21)12-6-4-7-12/h2-3,5,8-10,12H,4,6-7H2,1H3,(H,17,19)(H,18,20,21). The van der Waals surface area contributed by atoms with Crippen molar-refractivity contribution >= 4 is 23.2 Å². The Hall–Kier alpha value is -2.43. The van der Waals surface area contributed by atoms with Crippen LogP contribution in [0.2, 0.25) is 0 Å². The Bertz CT molecular complexity index is 635. The van der Waals surface area contributed by atoms with E-state index in [9.17, 15) is 4.79 Å². The number of nitrogens with zero attached hydrogens (tertiary/aromatic N) is 2. The smallest absolute Gasteiger partial charge is 0.228 e. The van der Waals surface area contributed by atoms with E-state index in [4.69, 9.17) is 0 Å². The molecule has 1 amide bonds. The lowest BCUT2D eigenvalue weighted by Crippen LogP contribution is -2.28. The molecule has 1 fully saturated rings. The van der Waals surface area contributed by atoms with Crippen LogP contribution in [0.3, 0.4) is 0 Å². The summed E-state index contributed by atoms with van der Waals surface area (Å²) in [5.41, 5.74) is 2.14. The van der Waals surface area contributed by atoms with E-state index in [1.54, 1.807) is 6.07 Å². The monoisotopic (exact) mass is 282 g/mol. The Kier molecular flexibility index (Phi) is 3.81. The van der Waals surface area contributed by atoms with Crippen molar-refractivity contribution in [3.8, 4) is 0 Å². The van der Waals surface area contributed by atoms with E-state index >= 15 is 0 Å². The number of hydrogen-bond donors (Lipinski definition) is 2. The summed E-state index contributed by atoms with van der Waals surface area (Å²) in [6.07, 6.45) is 3.10. The van der Waals surface area contributed by atoms with Crippen molar-refractivity contribution in [2.75, 3.05) is 10.6 Å². The second-order valence-electron chi connectivity index (χ2n) is 5.36. The first kappa shape index (κ1) is 13.5. The van der Waals surface area contributed by atoms with Gasteiger partial charge in [0.15, 0.2) is 11.6 Å². The molecule has 0 aliphatic heterocycles. The van der Waals surface area contributed by atoms with Crippen LogP contribution in [0.5, 0.6) is 0 Å². The quantitative estimate of drug-likeness (QED) is 0.903. The maximum atomic E-state index is 11.8. The second-order valence-corrected chi connectivity index (χ2v) is 5.36. The molecule has 1 saturated carbocycles. The van der Waals surface area contributed by atoms with E-state index in [1.165, 1.54) is 0 Å². The molecule has 0 spiro atoms. The van der Waals surface area contributed by atoms with Gasteiger partial charge in [0, 0.05) is 11.6 Å². The minimum absolute atomic E-state index is 0.0511. The van der Waals surface area contributed by atoms with Crippen LogP contribution >= 0.6 is 0 Å². The second kappa shape index (κ2) is 5.91. The summed E-state index contributed by atoms with van der Waals surface area (Å²) in [4.78, 5) is 11.8. The highest BCUT2D eigenvalue weighted by Crippen LogP contribution is 2.27. The Labute approximate surface area is 123 Å². The number of benzene rings is 1. The minimum atomic E-state index is 0.0511. The van der Waals surface area contributed by atoms with E-state index < -0.39 is 0 Å². The highest BCUT2D eigenvalue weighted by Gasteiger charge is 2.25. The molecule has 0 radical (unpaired) electrons. The number of rotatable bonds is 4. The van der Waals surface area contributed by atoms with E-state index in [-0.39, 0.29) is 11.8 Å². The number of aryl methyl sites for hydroxylation is 1. The van der Waals surface area contributed by atoms with Crippen molar-refractivity contribution < 1.29 is 4.79 Å². The molecular weight excluding hydrogens is 264 g/mol. The third-order valence-electron chi connectivity index (χ3n) is 3.80. The summed E-state index contributed by atoms with van der Waals surface area (Å²) in [5, 5.41) is 14.2. The zero-order valence-corrected chi connectivity index (χ0v) is 12.0. The van der Waals surface area contributed by atoms with Crippen molar-refractivity contribution in [1.29, 1.82) is 0 Å². The first-order valence-electron chi connectivity index (χ1n) is 7.19. The summed E-state index contributed by atoms with van der Waals surface area (Å²) in [7, 11) is 0. The average Bonchev–Trinajstić information content (AvgIpc) is 2.41. The predicted molar refractivity (Wildman–Crippen MR) is 82.5 cm³/mol. The first-order chi connectivity index (χ1) is 10.2. The number of hydrogen-bond acceptors (Lipinski definition) is 4. The van der Waals surface area contributed by atoms with Crippen LogP contribution < -0.4 is 10.6 Å². The fourth-order valence-electron chi connectivity index (χ4n) is 2.22. The van der Waals surface area contributed by atoms with Crippen LogP contribution in [0.1, 0.15) is 24.8 Å². The van der Waals surface area contributed by atoms with Crippen molar-refractivity contribution in [1.82, 2.24) is 10.2 Å². The number of carbonyl (C=O) groups excluding carboxylic acids is 1. The van der Waals surface area contributed by atoms with Crippen LogP contribution in [-0.4, -0.2) is 16.1 Å². The third kappa shape index (κ3) is 3.18. The number of carbonyl (C=O) groups is 1. The van der Waals surface area contributed by atoms with Gasteiger partial charge in [0.05, 0.1) is 0 Å². The van der Waals surface area contributed by atoms with Gasteiger partial charge < -0.3 is 10.6 Å². The van der Waals surface area contributed by atoms with Crippen molar-refractivity contribution in [2.45, 2.75) is 26.2 Å². The van der Waals surface area contributed by atoms with Gasteiger partial charge >= 0.3 is 0 Å². The Balaban J connectivity index is 1.64. The van der Waals surface area contributed by atoms with Crippen molar-refractivity contribution in [3.63, 3.8) is 0 Å². The summed E-state index contributed by atoms with van der Waals surface area (Å²) >= 11 is 0. The lowest BCUT2D eigenvalue weighted by atomic mass is 9.85. The number of aromatic nitrogens is 2. The molecule has 0 saturated heterocycles. The molecule has 5 heteroatoms. The molecule has 0 unspecified atom stereocenters. The van der Waals surface area contributed by atoms with Crippen LogP contribution in [0.15, 0.2) is 36.4 Å². The molecule has 1 aromatic heterocycles. The van der Waals surface area contributed by atoms with Gasteiger partial charge in [-0.3, -0.25) is 4.79 Å². The molecule has 2 N–H and O–H groups in total. The Morgan fingerprint density at radius 2 is 1.81 bits per heavy atom. The lowest BCUT2D eigenvalue weighted by Gasteiger charge is -2.23. The zero-order valence-electron chi connectivity index (χ0n) is 12.0. The van der Waals surface area contributed by atoms with E-state index in [1.807, 2.05) is 37.3 Å². The maximum absolute atomic E-state index is 11.8. The highest BCUT2D eigenvalue weighted by atomic mass is 16.2. The van der Waals surface area contributed by atoms with Crippen molar-refractivity contribution in [3.05, 3.63) is 42.0 Å². The van der Waals surface area contributed by atoms with Crippen LogP contribution in [0.4, 0.5) is 17.3 Å². The van der Waals surface area contributed by atoms with E-state index in [0.717, 1.165) is 30.5 Å². The predicted octanol–water partition coefficient (Wildman–Crippen LogP) is 3.27. The molecule has 5 nitrogen and oxygen atoms in total. The topological polar surface area (TPSA) is 66.9 Å². The molecular formula is C16H18N4O. The van der Waals surface area contributed by atoms with Gasteiger partial charge in [-0.1, -0.05) is 24.6 Å². The van der Waals surface area contributed by atoms with Crippen LogP contribution in [0.25, 0.3) is 0 Å². The number of amides is 1. The SMILES string of the molecule is Cc1ccccc1Nc1ccc(NC(=O)C2CCC2)nn1. The summed E-state index contributed by atoms with van der Waals surface area (Å²) in [5.74, 6) is 1.36. The summed E-state index contributed by atoms with van der Waals surface area (Å²) < 4.78 is 0. The molecule has 108 valence electrons. The van der Waals surface area contributed by atoms with Gasteiger partial charge in [-0.05, 0) is 43.5 Å². The molecule has 1 aliphatic rings. The summed E-state index contributed by atoms with van der Waals surface area (Å²) in [6, 6.07) is 11.6. The molecule has 3 rings (SSSR count). The number of nitrogens with one attached hydrogen (secondary N) is 2. The molecule has 0 atom stereocenters. The third-order valence-corrected chi connectivity index (χ3v) is 3.80. The molecule has 1 heterocycles. The summed E-state index contributed by atoms with van der Waals surface area (Å²) in [6.45, 7) is 2.03. The normalized spacial score (nSPS) is 14.3. The Morgan fingerprint density at radius 1 is 1.10 bits per heavy atom.